The molecular formula is C27H18F3NS. The lowest BCUT2D eigenvalue weighted by Gasteiger charge is -2.05. The number of hydrogen-bond acceptors (Lipinski definition) is 2. The van der Waals surface area contributed by atoms with Crippen LogP contribution in [-0.2, 0) is 0 Å². The molecule has 0 saturated heterocycles. The van der Waals surface area contributed by atoms with Gasteiger partial charge in [0.1, 0.15) is 11.5 Å². The molecule has 3 rings (SSSR count). The summed E-state index contributed by atoms with van der Waals surface area (Å²) >= 11 is 4.40. The zero-order valence-corrected chi connectivity index (χ0v) is 18.1. The van der Waals surface area contributed by atoms with Gasteiger partial charge < -0.3 is 0 Å². The second-order valence-electron chi connectivity index (χ2n) is 6.92. The van der Waals surface area contributed by atoms with E-state index in [0.717, 1.165) is 19.3 Å². The lowest BCUT2D eigenvalue weighted by Crippen LogP contribution is -1.87. The van der Waals surface area contributed by atoms with Gasteiger partial charge in [-0.1, -0.05) is 49.2 Å². The Bertz CT molecular complexity index is 1280. The Balaban J connectivity index is 1.77. The van der Waals surface area contributed by atoms with E-state index in [1.165, 1.54) is 18.2 Å². The van der Waals surface area contributed by atoms with Gasteiger partial charge in [-0.05, 0) is 72.2 Å². The Morgan fingerprint density at radius 1 is 0.781 bits per heavy atom. The fraction of sp³-hybridized carbons (Fsp3) is 0.148. The van der Waals surface area contributed by atoms with E-state index < -0.39 is 23.1 Å². The summed E-state index contributed by atoms with van der Waals surface area (Å²) in [5, 5.41) is 1.96. The molecule has 0 spiro atoms. The van der Waals surface area contributed by atoms with Crippen LogP contribution >= 0.6 is 12.2 Å². The third-order valence-corrected chi connectivity index (χ3v) is 4.68. The number of thiocarbonyl (C=S) groups is 1. The van der Waals surface area contributed by atoms with E-state index >= 15 is 0 Å². The highest BCUT2D eigenvalue weighted by Crippen LogP contribution is 2.29. The van der Waals surface area contributed by atoms with E-state index in [-0.39, 0.29) is 5.56 Å². The Kier molecular flexibility index (Phi) is 8.01. The first-order valence-electron chi connectivity index (χ1n) is 9.99. The second-order valence-corrected chi connectivity index (χ2v) is 7.10. The van der Waals surface area contributed by atoms with Gasteiger partial charge in [0.2, 0.25) is 0 Å². The summed E-state index contributed by atoms with van der Waals surface area (Å²) in [6.07, 6.45) is 2.89. The minimum Gasteiger partial charge on any atom is -0.206 e. The minimum atomic E-state index is -0.824. The van der Waals surface area contributed by atoms with Crippen molar-refractivity contribution < 1.29 is 13.2 Å². The smallest absolute Gasteiger partial charge is 0.153 e. The van der Waals surface area contributed by atoms with Gasteiger partial charge in [0.05, 0.1) is 10.7 Å². The molecule has 3 aromatic carbocycles. The van der Waals surface area contributed by atoms with Gasteiger partial charge in [-0.15, -0.1) is 0 Å². The summed E-state index contributed by atoms with van der Waals surface area (Å²) in [5.74, 6) is 9.62. The van der Waals surface area contributed by atoms with Crippen molar-refractivity contribution in [1.82, 2.24) is 0 Å². The standard InChI is InChI=1S/C27H18F3NS/c1-2-3-4-5-6-20-10-14-22(24(28)15-20)13-9-19-7-11-21(12-8-19)23-16-25(29)27(31-18-32)26(30)17-23/h7-8,10-12,14-17H,2-4H2,1H3. The maximum Gasteiger partial charge on any atom is 0.153 e. The molecule has 0 aliphatic rings. The summed E-state index contributed by atoms with van der Waals surface area (Å²) in [6.45, 7) is 2.10. The average Bonchev–Trinajstić information content (AvgIpc) is 2.79. The molecule has 0 bridgehead atoms. The van der Waals surface area contributed by atoms with Crippen LogP contribution in [0, 0.1) is 41.1 Å². The van der Waals surface area contributed by atoms with Crippen LogP contribution in [0.15, 0.2) is 59.6 Å². The van der Waals surface area contributed by atoms with Gasteiger partial charge in [-0.2, -0.15) is 4.99 Å². The second kappa shape index (κ2) is 11.1. The van der Waals surface area contributed by atoms with Crippen molar-refractivity contribution in [2.75, 3.05) is 0 Å². The van der Waals surface area contributed by atoms with Crippen LogP contribution in [0.5, 0.6) is 0 Å². The van der Waals surface area contributed by atoms with Crippen molar-refractivity contribution in [2.24, 2.45) is 4.99 Å². The Hall–Kier alpha value is -3.63. The molecule has 0 atom stereocenters. The lowest BCUT2D eigenvalue weighted by atomic mass is 10.0. The van der Waals surface area contributed by atoms with Crippen LogP contribution in [0.2, 0.25) is 0 Å². The van der Waals surface area contributed by atoms with Crippen LogP contribution < -0.4 is 0 Å². The molecule has 0 N–H and O–H groups in total. The molecule has 0 fully saturated rings. The van der Waals surface area contributed by atoms with Crippen LogP contribution in [0.4, 0.5) is 18.9 Å². The summed E-state index contributed by atoms with van der Waals surface area (Å²) in [6, 6.07) is 13.9. The molecule has 0 radical (unpaired) electrons. The van der Waals surface area contributed by atoms with Crippen molar-refractivity contribution in [3.05, 3.63) is 88.7 Å². The fourth-order valence-electron chi connectivity index (χ4n) is 2.89. The first-order valence-corrected chi connectivity index (χ1v) is 10.4. The highest BCUT2D eigenvalue weighted by molar-refractivity contribution is 7.78. The van der Waals surface area contributed by atoms with Crippen LogP contribution in [0.1, 0.15) is 42.9 Å². The topological polar surface area (TPSA) is 12.4 Å². The molecule has 32 heavy (non-hydrogen) atoms. The Morgan fingerprint density at radius 2 is 1.47 bits per heavy atom. The summed E-state index contributed by atoms with van der Waals surface area (Å²) < 4.78 is 42.4. The quantitative estimate of drug-likeness (QED) is 0.176. The molecule has 1 nitrogen and oxygen atoms in total. The largest absolute Gasteiger partial charge is 0.206 e. The van der Waals surface area contributed by atoms with Crippen molar-refractivity contribution >= 4 is 23.1 Å². The fourth-order valence-corrected chi connectivity index (χ4v) is 2.99. The summed E-state index contributed by atoms with van der Waals surface area (Å²) in [4.78, 5) is 3.40. The molecule has 0 heterocycles. The maximum atomic E-state index is 14.3. The highest BCUT2D eigenvalue weighted by Gasteiger charge is 2.11. The number of aliphatic imine (C=N–C) groups is 1. The van der Waals surface area contributed by atoms with Gasteiger partial charge in [-0.3, -0.25) is 0 Å². The Morgan fingerprint density at radius 3 is 2.09 bits per heavy atom. The molecule has 0 saturated carbocycles. The van der Waals surface area contributed by atoms with Gasteiger partial charge in [0, 0.05) is 17.5 Å². The molecule has 0 aromatic heterocycles. The summed E-state index contributed by atoms with van der Waals surface area (Å²) in [7, 11) is 0. The van der Waals surface area contributed by atoms with Crippen molar-refractivity contribution in [3.63, 3.8) is 0 Å². The molecule has 5 heteroatoms. The van der Waals surface area contributed by atoms with Crippen LogP contribution in [-0.4, -0.2) is 5.16 Å². The highest BCUT2D eigenvalue weighted by atomic mass is 32.1. The van der Waals surface area contributed by atoms with Gasteiger partial charge in [0.15, 0.2) is 11.6 Å². The predicted octanol–water partition coefficient (Wildman–Crippen LogP) is 7.45. The van der Waals surface area contributed by atoms with Crippen LogP contribution in [0.3, 0.4) is 0 Å². The molecule has 0 aliphatic carbocycles. The number of nitrogens with zero attached hydrogens (tertiary/aromatic N) is 1. The molecule has 0 aliphatic heterocycles. The summed E-state index contributed by atoms with van der Waals surface area (Å²) in [5.41, 5.74) is 2.01. The van der Waals surface area contributed by atoms with E-state index in [4.69, 9.17) is 0 Å². The zero-order valence-electron chi connectivity index (χ0n) is 17.3. The maximum absolute atomic E-state index is 14.3. The monoisotopic (exact) mass is 445 g/mol. The number of isothiocyanates is 1. The van der Waals surface area contributed by atoms with Gasteiger partial charge in [0.25, 0.3) is 0 Å². The molecule has 0 unspecified atom stereocenters. The predicted molar refractivity (Wildman–Crippen MR) is 125 cm³/mol. The SMILES string of the molecule is CCCCC#Cc1ccc(C#Cc2ccc(-c3cc(F)c(N=C=S)c(F)c3)cc2)c(F)c1. The van der Waals surface area contributed by atoms with E-state index in [1.54, 1.807) is 36.4 Å². The zero-order chi connectivity index (χ0) is 22.9. The number of unbranched alkanes of at least 4 members (excludes halogenated alkanes) is 2. The first-order chi connectivity index (χ1) is 15.5. The molecular weight excluding hydrogens is 427 g/mol. The van der Waals surface area contributed by atoms with Crippen molar-refractivity contribution in [3.8, 4) is 34.8 Å². The van der Waals surface area contributed by atoms with Gasteiger partial charge in [-0.25, -0.2) is 13.2 Å². The minimum absolute atomic E-state index is 0.270. The first kappa shape index (κ1) is 23.0. The van der Waals surface area contributed by atoms with Gasteiger partial charge >= 0.3 is 0 Å². The van der Waals surface area contributed by atoms with Crippen molar-refractivity contribution in [1.29, 1.82) is 0 Å². The average molecular weight is 446 g/mol. The number of halogens is 3. The molecule has 0 amide bonds. The normalized spacial score (nSPS) is 9.75. The number of benzene rings is 3. The third-order valence-electron chi connectivity index (χ3n) is 4.59. The number of rotatable bonds is 4. The molecule has 3 aromatic rings. The van der Waals surface area contributed by atoms with Crippen molar-refractivity contribution in [2.45, 2.75) is 26.2 Å². The lowest BCUT2D eigenvalue weighted by molar-refractivity contribution is 0.588. The Labute approximate surface area is 191 Å². The number of hydrogen-bond donors (Lipinski definition) is 0. The van der Waals surface area contributed by atoms with Crippen LogP contribution in [0.25, 0.3) is 11.1 Å². The van der Waals surface area contributed by atoms with E-state index in [2.05, 4.69) is 47.8 Å². The van der Waals surface area contributed by atoms with E-state index in [9.17, 15) is 13.2 Å². The van der Waals surface area contributed by atoms with E-state index in [0.29, 0.717) is 22.3 Å². The van der Waals surface area contributed by atoms with E-state index in [1.807, 2.05) is 5.16 Å². The molecule has 158 valence electrons. The third kappa shape index (κ3) is 5.96.